The van der Waals surface area contributed by atoms with Crippen LogP contribution in [0.25, 0.3) is 0 Å². The normalized spacial score (nSPS) is 11.2. The molecule has 5 nitrogen and oxygen atoms in total. The molecule has 100 valence electrons. The molecule has 6 heteroatoms. The number of aromatic nitrogens is 1. The lowest BCUT2D eigenvalue weighted by Gasteiger charge is -2.34. The molecule has 1 amide bonds. The van der Waals surface area contributed by atoms with E-state index < -0.39 is 11.6 Å². The van der Waals surface area contributed by atoms with Crippen molar-refractivity contribution >= 4 is 27.7 Å². The van der Waals surface area contributed by atoms with Gasteiger partial charge in [-0.25, -0.2) is 9.78 Å². The summed E-state index contributed by atoms with van der Waals surface area (Å²) in [4.78, 5) is 16.8. The van der Waals surface area contributed by atoms with Crippen LogP contribution < -0.4 is 9.64 Å². The van der Waals surface area contributed by atoms with Gasteiger partial charge in [0.25, 0.3) is 0 Å². The minimum Gasteiger partial charge on any atom is -0.490 e. The molecule has 0 saturated heterocycles. The molecule has 1 N–H and O–H groups in total. The zero-order chi connectivity index (χ0) is 13.9. The molecule has 0 aliphatic rings. The Morgan fingerprint density at radius 2 is 2.17 bits per heavy atom. The Hall–Kier alpha value is -1.30. The van der Waals surface area contributed by atoms with Gasteiger partial charge in [0.15, 0.2) is 5.75 Å². The van der Waals surface area contributed by atoms with Crippen LogP contribution in [0.2, 0.25) is 0 Å². The van der Waals surface area contributed by atoms with Gasteiger partial charge in [0.2, 0.25) is 0 Å². The summed E-state index contributed by atoms with van der Waals surface area (Å²) in [5.41, 5.74) is -0.0860. The van der Waals surface area contributed by atoms with Crippen LogP contribution in [0.15, 0.2) is 16.9 Å². The van der Waals surface area contributed by atoms with Gasteiger partial charge in [0, 0.05) is 5.54 Å². The zero-order valence-electron chi connectivity index (χ0n) is 10.9. The Morgan fingerprint density at radius 1 is 1.56 bits per heavy atom. The van der Waals surface area contributed by atoms with E-state index in [9.17, 15) is 9.90 Å². The van der Waals surface area contributed by atoms with E-state index in [0.717, 1.165) is 0 Å². The highest BCUT2D eigenvalue weighted by Gasteiger charge is 2.30. The zero-order valence-corrected chi connectivity index (χ0v) is 12.5. The van der Waals surface area contributed by atoms with Gasteiger partial charge in [-0.05, 0) is 49.7 Å². The van der Waals surface area contributed by atoms with E-state index in [-0.39, 0.29) is 0 Å². The molecule has 1 aromatic rings. The Labute approximate surface area is 115 Å². The molecule has 0 aliphatic carbocycles. The SMILES string of the molecule is CCOc1cnc(Br)cc1N(C(=O)O)C(C)(C)C. The lowest BCUT2D eigenvalue weighted by Crippen LogP contribution is -2.45. The van der Waals surface area contributed by atoms with E-state index in [4.69, 9.17) is 4.74 Å². The minimum absolute atomic E-state index is 0.452. The third-order valence-electron chi connectivity index (χ3n) is 2.22. The highest BCUT2D eigenvalue weighted by molar-refractivity contribution is 9.10. The van der Waals surface area contributed by atoms with Crippen molar-refractivity contribution in [1.82, 2.24) is 4.98 Å². The minimum atomic E-state index is -1.03. The van der Waals surface area contributed by atoms with Gasteiger partial charge in [0.1, 0.15) is 4.60 Å². The molecule has 1 rings (SSSR count). The lowest BCUT2D eigenvalue weighted by atomic mass is 10.1. The smallest absolute Gasteiger partial charge is 0.412 e. The van der Waals surface area contributed by atoms with Gasteiger partial charge in [-0.3, -0.25) is 4.90 Å². The number of carboxylic acid groups (broad SMARTS) is 1. The molecule has 0 radical (unpaired) electrons. The van der Waals surface area contributed by atoms with E-state index in [1.54, 1.807) is 6.07 Å². The molecule has 0 bridgehead atoms. The Morgan fingerprint density at radius 3 is 2.61 bits per heavy atom. The van der Waals surface area contributed by atoms with Crippen LogP contribution in [0, 0.1) is 0 Å². The predicted molar refractivity (Wildman–Crippen MR) is 73.4 cm³/mol. The first-order chi connectivity index (χ1) is 8.27. The van der Waals surface area contributed by atoms with Crippen LogP contribution in [0.5, 0.6) is 5.75 Å². The first kappa shape index (κ1) is 14.8. The lowest BCUT2D eigenvalue weighted by molar-refractivity contribution is 0.195. The molecular weight excluding hydrogens is 300 g/mol. The number of anilines is 1. The molecule has 0 spiro atoms. The predicted octanol–water partition coefficient (Wildman–Crippen LogP) is 3.53. The van der Waals surface area contributed by atoms with Crippen LogP contribution in [0.1, 0.15) is 27.7 Å². The number of halogens is 1. The highest BCUT2D eigenvalue weighted by Crippen LogP contribution is 2.34. The molecule has 1 heterocycles. The fourth-order valence-corrected chi connectivity index (χ4v) is 1.92. The van der Waals surface area contributed by atoms with Crippen molar-refractivity contribution in [2.75, 3.05) is 11.5 Å². The first-order valence-corrected chi connectivity index (χ1v) is 6.38. The van der Waals surface area contributed by atoms with Crippen molar-refractivity contribution < 1.29 is 14.6 Å². The van der Waals surface area contributed by atoms with E-state index in [2.05, 4.69) is 20.9 Å². The molecule has 1 aromatic heterocycles. The number of carbonyl (C=O) groups is 1. The summed E-state index contributed by atoms with van der Waals surface area (Å²) in [6.07, 6.45) is 0.492. The standard InChI is InChI=1S/C12H17BrN2O3/c1-5-18-9-7-14-10(13)6-8(9)15(11(16)17)12(2,3)4/h6-7H,5H2,1-4H3,(H,16,17). The third kappa shape index (κ3) is 3.35. The fourth-order valence-electron chi connectivity index (χ4n) is 1.60. The largest absolute Gasteiger partial charge is 0.490 e. The average Bonchev–Trinajstić information content (AvgIpc) is 2.19. The van der Waals surface area contributed by atoms with Gasteiger partial charge in [-0.1, -0.05) is 0 Å². The topological polar surface area (TPSA) is 62.7 Å². The van der Waals surface area contributed by atoms with Crippen molar-refractivity contribution in [3.63, 3.8) is 0 Å². The molecular formula is C12H17BrN2O3. The third-order valence-corrected chi connectivity index (χ3v) is 2.65. The van der Waals surface area contributed by atoms with Crippen molar-refractivity contribution in [2.24, 2.45) is 0 Å². The van der Waals surface area contributed by atoms with E-state index in [1.807, 2.05) is 27.7 Å². The van der Waals surface area contributed by atoms with Gasteiger partial charge in [-0.15, -0.1) is 0 Å². The summed E-state index contributed by atoms with van der Waals surface area (Å²) in [6, 6.07) is 1.64. The first-order valence-electron chi connectivity index (χ1n) is 5.59. The summed E-state index contributed by atoms with van der Waals surface area (Å²) in [6.45, 7) is 7.77. The molecule has 0 fully saturated rings. The van der Waals surface area contributed by atoms with Crippen LogP contribution >= 0.6 is 15.9 Å². The van der Waals surface area contributed by atoms with Crippen LogP contribution in [-0.4, -0.2) is 28.3 Å². The molecule has 0 unspecified atom stereocenters. The summed E-state index contributed by atoms with van der Waals surface area (Å²) in [5, 5.41) is 9.38. The van der Waals surface area contributed by atoms with Gasteiger partial charge in [0.05, 0.1) is 18.5 Å². The molecule has 0 atom stereocenters. The molecule has 0 aromatic carbocycles. The maximum Gasteiger partial charge on any atom is 0.412 e. The summed E-state index contributed by atoms with van der Waals surface area (Å²) in [5.74, 6) is 0.457. The molecule has 0 saturated carbocycles. The van der Waals surface area contributed by atoms with E-state index >= 15 is 0 Å². The maximum absolute atomic E-state index is 11.4. The number of amides is 1. The van der Waals surface area contributed by atoms with Crippen LogP contribution in [0.3, 0.4) is 0 Å². The number of hydrogen-bond donors (Lipinski definition) is 1. The second kappa shape index (κ2) is 5.56. The fraction of sp³-hybridized carbons (Fsp3) is 0.500. The average molecular weight is 317 g/mol. The summed E-state index contributed by atoms with van der Waals surface area (Å²) < 4.78 is 6.00. The van der Waals surface area contributed by atoms with Crippen LogP contribution in [0.4, 0.5) is 10.5 Å². The van der Waals surface area contributed by atoms with Crippen molar-refractivity contribution in [3.05, 3.63) is 16.9 Å². The number of rotatable bonds is 3. The molecule has 0 aliphatic heterocycles. The van der Waals surface area contributed by atoms with Crippen LogP contribution in [-0.2, 0) is 0 Å². The quantitative estimate of drug-likeness (QED) is 0.866. The van der Waals surface area contributed by atoms with Gasteiger partial charge < -0.3 is 9.84 Å². The van der Waals surface area contributed by atoms with Crippen molar-refractivity contribution in [3.8, 4) is 5.75 Å². The van der Waals surface area contributed by atoms with E-state index in [0.29, 0.717) is 22.6 Å². The second-order valence-electron chi connectivity index (χ2n) is 4.70. The van der Waals surface area contributed by atoms with Gasteiger partial charge >= 0.3 is 6.09 Å². The van der Waals surface area contributed by atoms with E-state index in [1.165, 1.54) is 11.1 Å². The summed E-state index contributed by atoms with van der Waals surface area (Å²) >= 11 is 3.25. The number of nitrogens with zero attached hydrogens (tertiary/aromatic N) is 2. The second-order valence-corrected chi connectivity index (χ2v) is 5.51. The highest BCUT2D eigenvalue weighted by atomic mass is 79.9. The monoisotopic (exact) mass is 316 g/mol. The number of hydrogen-bond acceptors (Lipinski definition) is 3. The Kier molecular flexibility index (Phi) is 4.56. The van der Waals surface area contributed by atoms with Crippen molar-refractivity contribution in [1.29, 1.82) is 0 Å². The molecule has 18 heavy (non-hydrogen) atoms. The van der Waals surface area contributed by atoms with Gasteiger partial charge in [-0.2, -0.15) is 0 Å². The van der Waals surface area contributed by atoms with Crippen molar-refractivity contribution in [2.45, 2.75) is 33.2 Å². The Balaban J connectivity index is 3.34. The number of pyridine rings is 1. The maximum atomic E-state index is 11.4. The number of ether oxygens (including phenoxy) is 1. The summed E-state index contributed by atoms with van der Waals surface area (Å²) in [7, 11) is 0. The Bertz CT molecular complexity index is 443.